The fourth-order valence-corrected chi connectivity index (χ4v) is 3.73. The molecule has 4 nitrogen and oxygen atoms in total. The summed E-state index contributed by atoms with van der Waals surface area (Å²) in [5.41, 5.74) is 1.70. The molecule has 0 unspecified atom stereocenters. The van der Waals surface area contributed by atoms with E-state index in [4.69, 9.17) is 9.47 Å². The Kier molecular flexibility index (Phi) is 6.56. The van der Waals surface area contributed by atoms with E-state index in [0.29, 0.717) is 23.7 Å². The maximum absolute atomic E-state index is 12.9. The molecule has 0 N–H and O–H groups in total. The first-order valence-electron chi connectivity index (χ1n) is 9.02. The van der Waals surface area contributed by atoms with E-state index in [1.807, 2.05) is 41.3 Å². The van der Waals surface area contributed by atoms with Crippen LogP contribution < -0.4 is 9.47 Å². The fraction of sp³-hybridized carbons (Fsp3) is 0.381. The van der Waals surface area contributed by atoms with Crippen molar-refractivity contribution in [1.82, 2.24) is 4.90 Å². The second-order valence-electron chi connectivity index (χ2n) is 6.47. The zero-order chi connectivity index (χ0) is 18.4. The Bertz CT molecular complexity index is 740. The third-order valence-electron chi connectivity index (χ3n) is 4.60. The molecule has 2 aromatic rings. The average molecular weight is 418 g/mol. The van der Waals surface area contributed by atoms with E-state index in [2.05, 4.69) is 15.9 Å². The molecule has 3 rings (SSSR count). The molecular formula is C21H24BrNO3. The minimum Gasteiger partial charge on any atom is -0.493 e. The Morgan fingerprint density at radius 3 is 2.42 bits per heavy atom. The smallest absolute Gasteiger partial charge is 0.254 e. The highest BCUT2D eigenvalue weighted by Gasteiger charge is 2.21. The molecule has 1 amide bonds. The number of carbonyl (C=O) groups excluding carboxylic acids is 1. The average Bonchev–Trinajstić information content (AvgIpc) is 2.96. The molecule has 0 saturated carbocycles. The van der Waals surface area contributed by atoms with Crippen molar-refractivity contribution in [3.8, 4) is 11.5 Å². The van der Waals surface area contributed by atoms with Crippen LogP contribution >= 0.6 is 15.9 Å². The summed E-state index contributed by atoms with van der Waals surface area (Å²) in [7, 11) is 1.59. The summed E-state index contributed by atoms with van der Waals surface area (Å²) in [5.74, 6) is 1.23. The van der Waals surface area contributed by atoms with Crippen LogP contribution in [-0.4, -0.2) is 31.0 Å². The predicted molar refractivity (Wildman–Crippen MR) is 106 cm³/mol. The SMILES string of the molecule is COc1cc(C(=O)N2CCCCCC2)cc(Br)c1OCc1ccccc1. The van der Waals surface area contributed by atoms with E-state index >= 15 is 0 Å². The molecule has 0 atom stereocenters. The summed E-state index contributed by atoms with van der Waals surface area (Å²) >= 11 is 3.54. The first-order chi connectivity index (χ1) is 12.7. The van der Waals surface area contributed by atoms with Crippen LogP contribution in [0, 0.1) is 0 Å². The van der Waals surface area contributed by atoms with Crippen molar-refractivity contribution in [1.29, 1.82) is 0 Å². The van der Waals surface area contributed by atoms with Crippen LogP contribution in [-0.2, 0) is 6.61 Å². The Labute approximate surface area is 163 Å². The number of carbonyl (C=O) groups is 1. The summed E-state index contributed by atoms with van der Waals surface area (Å²) < 4.78 is 12.2. The molecule has 26 heavy (non-hydrogen) atoms. The largest absolute Gasteiger partial charge is 0.493 e. The fourth-order valence-electron chi connectivity index (χ4n) is 3.17. The van der Waals surface area contributed by atoms with Gasteiger partial charge in [0.1, 0.15) is 6.61 Å². The van der Waals surface area contributed by atoms with Crippen LogP contribution in [0.5, 0.6) is 11.5 Å². The number of rotatable bonds is 5. The number of benzene rings is 2. The van der Waals surface area contributed by atoms with E-state index in [1.165, 1.54) is 12.8 Å². The molecule has 0 bridgehead atoms. The second-order valence-corrected chi connectivity index (χ2v) is 7.32. The maximum Gasteiger partial charge on any atom is 0.254 e. The van der Waals surface area contributed by atoms with Gasteiger partial charge in [-0.3, -0.25) is 4.79 Å². The van der Waals surface area contributed by atoms with Crippen molar-refractivity contribution >= 4 is 21.8 Å². The van der Waals surface area contributed by atoms with Crippen LogP contribution in [0.1, 0.15) is 41.6 Å². The van der Waals surface area contributed by atoms with Gasteiger partial charge in [0.15, 0.2) is 11.5 Å². The van der Waals surface area contributed by atoms with Gasteiger partial charge in [-0.2, -0.15) is 0 Å². The van der Waals surface area contributed by atoms with Gasteiger partial charge in [0.25, 0.3) is 5.91 Å². The molecule has 1 heterocycles. The molecule has 5 heteroatoms. The number of halogens is 1. The monoisotopic (exact) mass is 417 g/mol. The van der Waals surface area contributed by atoms with Crippen molar-refractivity contribution in [2.75, 3.05) is 20.2 Å². The molecule has 0 radical (unpaired) electrons. The Morgan fingerprint density at radius 2 is 1.77 bits per heavy atom. The quantitative estimate of drug-likeness (QED) is 0.682. The summed E-state index contributed by atoms with van der Waals surface area (Å²) in [6, 6.07) is 13.6. The number of hydrogen-bond donors (Lipinski definition) is 0. The number of hydrogen-bond acceptors (Lipinski definition) is 3. The van der Waals surface area contributed by atoms with Crippen LogP contribution in [0.15, 0.2) is 46.9 Å². The zero-order valence-electron chi connectivity index (χ0n) is 15.0. The highest BCUT2D eigenvalue weighted by Crippen LogP contribution is 2.37. The lowest BCUT2D eigenvalue weighted by atomic mass is 10.1. The second kappa shape index (κ2) is 9.08. The standard InChI is InChI=1S/C21H24BrNO3/c1-25-19-14-17(21(24)23-11-7-2-3-8-12-23)13-18(22)20(19)26-15-16-9-5-4-6-10-16/h4-6,9-10,13-14H,2-3,7-8,11-12,15H2,1H3. The van der Waals surface area contributed by atoms with Gasteiger partial charge in [-0.05, 0) is 46.5 Å². The normalized spacial score (nSPS) is 14.6. The predicted octanol–water partition coefficient (Wildman–Crippen LogP) is 5.05. The summed E-state index contributed by atoms with van der Waals surface area (Å²) in [6.07, 6.45) is 4.54. The Balaban J connectivity index is 1.78. The molecule has 1 aliphatic heterocycles. The van der Waals surface area contributed by atoms with E-state index in [9.17, 15) is 4.79 Å². The lowest BCUT2D eigenvalue weighted by molar-refractivity contribution is 0.0761. The molecular weight excluding hydrogens is 394 g/mol. The summed E-state index contributed by atoms with van der Waals surface area (Å²) in [6.45, 7) is 2.09. The Morgan fingerprint density at radius 1 is 1.08 bits per heavy atom. The number of amides is 1. The van der Waals surface area contributed by atoms with E-state index in [-0.39, 0.29) is 5.91 Å². The number of methoxy groups -OCH3 is 1. The van der Waals surface area contributed by atoms with Crippen molar-refractivity contribution in [3.63, 3.8) is 0 Å². The summed E-state index contributed by atoms with van der Waals surface area (Å²) in [4.78, 5) is 14.8. The minimum atomic E-state index is 0.0560. The van der Waals surface area contributed by atoms with Crippen molar-refractivity contribution < 1.29 is 14.3 Å². The molecule has 0 spiro atoms. The minimum absolute atomic E-state index is 0.0560. The van der Waals surface area contributed by atoms with E-state index in [1.54, 1.807) is 13.2 Å². The third kappa shape index (κ3) is 4.58. The molecule has 0 aromatic heterocycles. The summed E-state index contributed by atoms with van der Waals surface area (Å²) in [5, 5.41) is 0. The lowest BCUT2D eigenvalue weighted by Crippen LogP contribution is -2.31. The first-order valence-corrected chi connectivity index (χ1v) is 9.82. The van der Waals surface area contributed by atoms with Crippen molar-refractivity contribution in [2.24, 2.45) is 0 Å². The Hall–Kier alpha value is -2.01. The highest BCUT2D eigenvalue weighted by atomic mass is 79.9. The number of nitrogens with zero attached hydrogens (tertiary/aromatic N) is 1. The number of ether oxygens (including phenoxy) is 2. The molecule has 0 aliphatic carbocycles. The van der Waals surface area contributed by atoms with Gasteiger partial charge < -0.3 is 14.4 Å². The van der Waals surface area contributed by atoms with Gasteiger partial charge in [0.2, 0.25) is 0 Å². The van der Waals surface area contributed by atoms with Crippen LogP contribution in [0.4, 0.5) is 0 Å². The van der Waals surface area contributed by atoms with Crippen molar-refractivity contribution in [3.05, 3.63) is 58.1 Å². The molecule has 2 aromatic carbocycles. The van der Waals surface area contributed by atoms with Gasteiger partial charge in [0, 0.05) is 18.7 Å². The van der Waals surface area contributed by atoms with Crippen LogP contribution in [0.2, 0.25) is 0 Å². The van der Waals surface area contributed by atoms with Gasteiger partial charge in [-0.25, -0.2) is 0 Å². The van der Waals surface area contributed by atoms with Crippen LogP contribution in [0.25, 0.3) is 0 Å². The zero-order valence-corrected chi connectivity index (χ0v) is 16.6. The molecule has 1 saturated heterocycles. The molecule has 1 aliphatic rings. The van der Waals surface area contributed by atoms with Gasteiger partial charge >= 0.3 is 0 Å². The van der Waals surface area contributed by atoms with Gasteiger partial charge in [0.05, 0.1) is 11.6 Å². The topological polar surface area (TPSA) is 38.8 Å². The lowest BCUT2D eigenvalue weighted by Gasteiger charge is -2.21. The first kappa shape index (κ1) is 18.8. The maximum atomic E-state index is 12.9. The molecule has 138 valence electrons. The molecule has 1 fully saturated rings. The number of likely N-dealkylation sites (tertiary alicyclic amines) is 1. The van der Waals surface area contributed by atoms with Crippen molar-refractivity contribution in [2.45, 2.75) is 32.3 Å². The van der Waals surface area contributed by atoms with E-state index in [0.717, 1.165) is 36.0 Å². The van der Waals surface area contributed by atoms with Gasteiger partial charge in [-0.15, -0.1) is 0 Å². The third-order valence-corrected chi connectivity index (χ3v) is 5.18. The highest BCUT2D eigenvalue weighted by molar-refractivity contribution is 9.10. The van der Waals surface area contributed by atoms with Gasteiger partial charge in [-0.1, -0.05) is 43.2 Å². The van der Waals surface area contributed by atoms with E-state index < -0.39 is 0 Å². The van der Waals surface area contributed by atoms with Crippen LogP contribution in [0.3, 0.4) is 0 Å².